The predicted molar refractivity (Wildman–Crippen MR) is 94.5 cm³/mol. The van der Waals surface area contributed by atoms with Crippen molar-refractivity contribution in [3.05, 3.63) is 59.6 Å². The van der Waals surface area contributed by atoms with Crippen LogP contribution in [0.2, 0.25) is 5.02 Å². The zero-order valence-corrected chi connectivity index (χ0v) is 14.5. The van der Waals surface area contributed by atoms with Crippen LogP contribution in [0.4, 0.5) is 5.69 Å². The quantitative estimate of drug-likeness (QED) is 0.703. The van der Waals surface area contributed by atoms with E-state index in [0.29, 0.717) is 29.4 Å². The average Bonchev–Trinajstić information content (AvgIpc) is 3.20. The van der Waals surface area contributed by atoms with Gasteiger partial charge in [0.25, 0.3) is 0 Å². The molecule has 0 saturated carbocycles. The van der Waals surface area contributed by atoms with Crippen LogP contribution in [-0.2, 0) is 18.1 Å². The van der Waals surface area contributed by atoms with Crippen LogP contribution in [0, 0.1) is 6.92 Å². The highest BCUT2D eigenvalue weighted by Gasteiger charge is 2.06. The lowest BCUT2D eigenvalue weighted by Gasteiger charge is -2.06. The Morgan fingerprint density at radius 1 is 1.32 bits per heavy atom. The fraction of sp³-hybridized carbons (Fsp3) is 0.235. The molecule has 0 saturated heterocycles. The minimum absolute atomic E-state index is 0.0940. The van der Waals surface area contributed by atoms with Crippen LogP contribution in [0.3, 0.4) is 0 Å². The average molecular weight is 360 g/mol. The second-order valence-corrected chi connectivity index (χ2v) is 5.95. The van der Waals surface area contributed by atoms with E-state index in [-0.39, 0.29) is 12.6 Å². The molecular weight excluding hydrogens is 342 g/mol. The van der Waals surface area contributed by atoms with Crippen molar-refractivity contribution in [2.75, 3.05) is 5.32 Å². The Hall–Kier alpha value is -2.80. The lowest BCUT2D eigenvalue weighted by Crippen LogP contribution is -2.14. The molecular formula is C17H18ClN5O2. The molecule has 0 aliphatic carbocycles. The van der Waals surface area contributed by atoms with Gasteiger partial charge in [0.15, 0.2) is 6.73 Å². The number of anilines is 1. The largest absolute Gasteiger partial charge is 0.471 e. The standard InChI is InChI=1S/C17H18ClN5O2/c1-13-5-7-22(21-13)8-6-17(24)20-15-10-19-23(11-15)12-25-16-4-2-3-14(18)9-16/h2-5,7,9-11H,6,8,12H2,1H3,(H,20,24). The topological polar surface area (TPSA) is 74.0 Å². The number of carbonyl (C=O) groups excluding carboxylic acids is 1. The Balaban J connectivity index is 1.46. The fourth-order valence-corrected chi connectivity index (χ4v) is 2.40. The Morgan fingerprint density at radius 3 is 2.96 bits per heavy atom. The molecule has 0 radical (unpaired) electrons. The van der Waals surface area contributed by atoms with Crippen LogP contribution in [0.1, 0.15) is 12.1 Å². The predicted octanol–water partition coefficient (Wildman–Crippen LogP) is 3.11. The summed E-state index contributed by atoms with van der Waals surface area (Å²) in [5.41, 5.74) is 1.55. The highest BCUT2D eigenvalue weighted by atomic mass is 35.5. The van der Waals surface area contributed by atoms with Crippen molar-refractivity contribution in [1.82, 2.24) is 19.6 Å². The number of aryl methyl sites for hydroxylation is 2. The number of aromatic nitrogens is 4. The zero-order chi connectivity index (χ0) is 17.6. The summed E-state index contributed by atoms with van der Waals surface area (Å²) in [6, 6.07) is 9.04. The van der Waals surface area contributed by atoms with Crippen molar-refractivity contribution in [3.63, 3.8) is 0 Å². The number of hydrogen-bond donors (Lipinski definition) is 1. The van der Waals surface area contributed by atoms with E-state index in [1.807, 2.05) is 31.3 Å². The number of carbonyl (C=O) groups is 1. The van der Waals surface area contributed by atoms with Gasteiger partial charge >= 0.3 is 0 Å². The summed E-state index contributed by atoms with van der Waals surface area (Å²) < 4.78 is 8.93. The molecule has 0 bridgehead atoms. The summed E-state index contributed by atoms with van der Waals surface area (Å²) in [6.45, 7) is 2.67. The van der Waals surface area contributed by atoms with E-state index in [9.17, 15) is 4.79 Å². The second-order valence-electron chi connectivity index (χ2n) is 5.52. The molecule has 2 heterocycles. The number of halogens is 1. The number of amides is 1. The van der Waals surface area contributed by atoms with Gasteiger partial charge in [0.1, 0.15) is 5.75 Å². The SMILES string of the molecule is Cc1ccn(CCC(=O)Nc2cnn(COc3cccc(Cl)c3)c2)n1. The third kappa shape index (κ3) is 5.09. The number of nitrogens with zero attached hydrogens (tertiary/aromatic N) is 4. The number of rotatable bonds is 7. The van der Waals surface area contributed by atoms with Crippen molar-refractivity contribution in [1.29, 1.82) is 0 Å². The summed E-state index contributed by atoms with van der Waals surface area (Å²) in [5.74, 6) is 0.562. The lowest BCUT2D eigenvalue weighted by molar-refractivity contribution is -0.116. The molecule has 0 unspecified atom stereocenters. The third-order valence-electron chi connectivity index (χ3n) is 3.42. The van der Waals surface area contributed by atoms with E-state index in [1.54, 1.807) is 33.9 Å². The van der Waals surface area contributed by atoms with Crippen molar-refractivity contribution in [3.8, 4) is 5.75 Å². The number of benzene rings is 1. The molecule has 0 atom stereocenters. The maximum absolute atomic E-state index is 12.0. The minimum atomic E-state index is -0.0940. The van der Waals surface area contributed by atoms with Gasteiger partial charge in [0.2, 0.25) is 5.91 Å². The first-order valence-corrected chi connectivity index (χ1v) is 8.17. The maximum Gasteiger partial charge on any atom is 0.226 e. The first kappa shape index (κ1) is 17.0. The number of hydrogen-bond acceptors (Lipinski definition) is 4. The van der Waals surface area contributed by atoms with Gasteiger partial charge in [-0.1, -0.05) is 17.7 Å². The second kappa shape index (κ2) is 7.85. The van der Waals surface area contributed by atoms with E-state index in [4.69, 9.17) is 16.3 Å². The smallest absolute Gasteiger partial charge is 0.226 e. The fourth-order valence-electron chi connectivity index (χ4n) is 2.22. The van der Waals surface area contributed by atoms with Gasteiger partial charge in [-0.3, -0.25) is 9.48 Å². The van der Waals surface area contributed by atoms with E-state index in [2.05, 4.69) is 15.5 Å². The molecule has 1 N–H and O–H groups in total. The Labute approximate surface area is 150 Å². The number of nitrogens with one attached hydrogen (secondary N) is 1. The Morgan fingerprint density at radius 2 is 2.20 bits per heavy atom. The Kier molecular flexibility index (Phi) is 5.35. The molecule has 0 spiro atoms. The maximum atomic E-state index is 12.0. The summed E-state index contributed by atoms with van der Waals surface area (Å²) in [4.78, 5) is 12.0. The van der Waals surface area contributed by atoms with Gasteiger partial charge in [-0.15, -0.1) is 0 Å². The molecule has 0 aliphatic heterocycles. The molecule has 0 fully saturated rings. The van der Waals surface area contributed by atoms with E-state index >= 15 is 0 Å². The van der Waals surface area contributed by atoms with Crippen LogP contribution >= 0.6 is 11.6 Å². The van der Waals surface area contributed by atoms with Gasteiger partial charge in [0, 0.05) is 24.2 Å². The van der Waals surface area contributed by atoms with Gasteiger partial charge in [0.05, 0.1) is 23.8 Å². The van der Waals surface area contributed by atoms with Crippen LogP contribution in [-0.4, -0.2) is 25.5 Å². The van der Waals surface area contributed by atoms with E-state index in [0.717, 1.165) is 5.69 Å². The van der Waals surface area contributed by atoms with Gasteiger partial charge in [-0.25, -0.2) is 4.68 Å². The highest BCUT2D eigenvalue weighted by molar-refractivity contribution is 6.30. The molecule has 2 aromatic heterocycles. The molecule has 130 valence electrons. The molecule has 25 heavy (non-hydrogen) atoms. The van der Waals surface area contributed by atoms with Crippen molar-refractivity contribution < 1.29 is 9.53 Å². The first-order valence-electron chi connectivity index (χ1n) is 7.79. The summed E-state index contributed by atoms with van der Waals surface area (Å²) in [5, 5.41) is 11.8. The van der Waals surface area contributed by atoms with Crippen LogP contribution in [0.15, 0.2) is 48.9 Å². The molecule has 3 rings (SSSR count). The van der Waals surface area contributed by atoms with Crippen LogP contribution < -0.4 is 10.1 Å². The van der Waals surface area contributed by atoms with Gasteiger partial charge in [-0.05, 0) is 31.2 Å². The normalized spacial score (nSPS) is 10.6. The zero-order valence-electron chi connectivity index (χ0n) is 13.7. The molecule has 7 nitrogen and oxygen atoms in total. The van der Waals surface area contributed by atoms with Gasteiger partial charge < -0.3 is 10.1 Å². The Bertz CT molecular complexity index is 858. The molecule has 0 aliphatic rings. The van der Waals surface area contributed by atoms with Crippen molar-refractivity contribution in [2.45, 2.75) is 26.6 Å². The molecule has 1 aromatic carbocycles. The summed E-state index contributed by atoms with van der Waals surface area (Å²) >= 11 is 5.91. The molecule has 1 amide bonds. The minimum Gasteiger partial charge on any atom is -0.471 e. The molecule has 8 heteroatoms. The van der Waals surface area contributed by atoms with Gasteiger partial charge in [-0.2, -0.15) is 10.2 Å². The molecule has 3 aromatic rings. The lowest BCUT2D eigenvalue weighted by atomic mass is 10.3. The third-order valence-corrected chi connectivity index (χ3v) is 3.65. The van der Waals surface area contributed by atoms with Crippen LogP contribution in [0.25, 0.3) is 0 Å². The van der Waals surface area contributed by atoms with Crippen molar-refractivity contribution >= 4 is 23.2 Å². The van der Waals surface area contributed by atoms with Crippen molar-refractivity contribution in [2.24, 2.45) is 0 Å². The van der Waals surface area contributed by atoms with E-state index < -0.39 is 0 Å². The number of ether oxygens (including phenoxy) is 1. The van der Waals surface area contributed by atoms with Crippen LogP contribution in [0.5, 0.6) is 5.75 Å². The first-order chi connectivity index (χ1) is 12.1. The van der Waals surface area contributed by atoms with E-state index in [1.165, 1.54) is 0 Å². The highest BCUT2D eigenvalue weighted by Crippen LogP contribution is 2.17. The monoisotopic (exact) mass is 359 g/mol. The summed E-state index contributed by atoms with van der Waals surface area (Å²) in [7, 11) is 0. The summed E-state index contributed by atoms with van der Waals surface area (Å²) in [6.07, 6.45) is 5.48.